The van der Waals surface area contributed by atoms with Crippen LogP contribution in [0.1, 0.15) is 20.3 Å². The maximum Gasteiger partial charge on any atom is 0.318 e. The molecule has 0 aromatic carbocycles. The minimum Gasteiger partial charge on any atom is -0.379 e. The first kappa shape index (κ1) is 12.2. The van der Waals surface area contributed by atoms with Gasteiger partial charge in [-0.25, -0.2) is 4.79 Å². The van der Waals surface area contributed by atoms with E-state index in [0.29, 0.717) is 26.3 Å². The number of amides is 3. The SMILES string of the molecule is CC1(C)C(=O)NCCN1C(=O)NC1CCOC1. The molecule has 6 heteroatoms. The Labute approximate surface area is 101 Å². The molecule has 2 aliphatic heterocycles. The van der Waals surface area contributed by atoms with Crippen LogP contribution < -0.4 is 10.6 Å². The molecule has 6 nitrogen and oxygen atoms in total. The van der Waals surface area contributed by atoms with Crippen molar-refractivity contribution in [2.45, 2.75) is 31.8 Å². The van der Waals surface area contributed by atoms with Crippen LogP contribution >= 0.6 is 0 Å². The Morgan fingerprint density at radius 1 is 1.59 bits per heavy atom. The van der Waals surface area contributed by atoms with Crippen molar-refractivity contribution in [3.63, 3.8) is 0 Å². The Kier molecular flexibility index (Phi) is 3.24. The number of hydrogen-bond acceptors (Lipinski definition) is 3. The minimum absolute atomic E-state index is 0.0725. The van der Waals surface area contributed by atoms with Crippen LogP contribution in [0.5, 0.6) is 0 Å². The Morgan fingerprint density at radius 2 is 2.35 bits per heavy atom. The Morgan fingerprint density at radius 3 is 3.00 bits per heavy atom. The van der Waals surface area contributed by atoms with Crippen molar-refractivity contribution < 1.29 is 14.3 Å². The van der Waals surface area contributed by atoms with Crippen LogP contribution in [0.25, 0.3) is 0 Å². The van der Waals surface area contributed by atoms with Gasteiger partial charge >= 0.3 is 6.03 Å². The molecule has 1 atom stereocenters. The average molecular weight is 241 g/mol. The van der Waals surface area contributed by atoms with Crippen molar-refractivity contribution in [1.29, 1.82) is 0 Å². The second-order valence-electron chi connectivity index (χ2n) is 4.98. The summed E-state index contributed by atoms with van der Waals surface area (Å²) in [5.41, 5.74) is -0.790. The molecule has 2 saturated heterocycles. The second-order valence-corrected chi connectivity index (χ2v) is 4.98. The third-order valence-electron chi connectivity index (χ3n) is 3.35. The lowest BCUT2D eigenvalue weighted by molar-refractivity contribution is -0.132. The van der Waals surface area contributed by atoms with Crippen molar-refractivity contribution in [2.75, 3.05) is 26.3 Å². The summed E-state index contributed by atoms with van der Waals surface area (Å²) in [5.74, 6) is -0.110. The minimum atomic E-state index is -0.790. The van der Waals surface area contributed by atoms with Crippen LogP contribution in [0.4, 0.5) is 4.79 Å². The molecule has 0 radical (unpaired) electrons. The number of rotatable bonds is 1. The molecule has 96 valence electrons. The summed E-state index contributed by atoms with van der Waals surface area (Å²) in [7, 11) is 0. The van der Waals surface area contributed by atoms with Gasteiger partial charge in [-0.2, -0.15) is 0 Å². The van der Waals surface area contributed by atoms with E-state index in [-0.39, 0.29) is 18.0 Å². The van der Waals surface area contributed by atoms with E-state index in [1.807, 2.05) is 0 Å². The first-order valence-electron chi connectivity index (χ1n) is 5.96. The molecule has 1 unspecified atom stereocenters. The number of nitrogens with zero attached hydrogens (tertiary/aromatic N) is 1. The quantitative estimate of drug-likeness (QED) is 0.662. The van der Waals surface area contributed by atoms with Gasteiger partial charge in [-0.15, -0.1) is 0 Å². The molecule has 2 aliphatic rings. The van der Waals surface area contributed by atoms with Crippen molar-refractivity contribution in [2.24, 2.45) is 0 Å². The predicted molar refractivity (Wildman–Crippen MR) is 61.6 cm³/mol. The van der Waals surface area contributed by atoms with Gasteiger partial charge in [-0.05, 0) is 20.3 Å². The van der Waals surface area contributed by atoms with Crippen LogP contribution in [0, 0.1) is 0 Å². The zero-order chi connectivity index (χ0) is 12.5. The van der Waals surface area contributed by atoms with Crippen LogP contribution in [0.15, 0.2) is 0 Å². The maximum absolute atomic E-state index is 12.1. The van der Waals surface area contributed by atoms with E-state index in [4.69, 9.17) is 4.74 Å². The highest BCUT2D eigenvalue weighted by Gasteiger charge is 2.41. The molecule has 2 N–H and O–H groups in total. The fraction of sp³-hybridized carbons (Fsp3) is 0.818. The molecule has 0 bridgehead atoms. The smallest absolute Gasteiger partial charge is 0.318 e. The molecule has 0 saturated carbocycles. The van der Waals surface area contributed by atoms with Crippen LogP contribution in [0.3, 0.4) is 0 Å². The monoisotopic (exact) mass is 241 g/mol. The summed E-state index contributed by atoms with van der Waals surface area (Å²) in [6.07, 6.45) is 0.839. The zero-order valence-corrected chi connectivity index (χ0v) is 10.3. The standard InChI is InChI=1S/C11H19N3O3/c1-11(2)9(15)12-4-5-14(11)10(16)13-8-3-6-17-7-8/h8H,3-7H2,1-2H3,(H,12,15)(H,13,16). The van der Waals surface area contributed by atoms with Gasteiger partial charge in [0.05, 0.1) is 12.6 Å². The van der Waals surface area contributed by atoms with E-state index in [2.05, 4.69) is 10.6 Å². The van der Waals surface area contributed by atoms with E-state index in [0.717, 1.165) is 6.42 Å². The highest BCUT2D eigenvalue weighted by atomic mass is 16.5. The number of ether oxygens (including phenoxy) is 1. The number of carbonyl (C=O) groups is 2. The van der Waals surface area contributed by atoms with Gasteiger partial charge < -0.3 is 20.3 Å². The fourth-order valence-corrected chi connectivity index (χ4v) is 2.16. The van der Waals surface area contributed by atoms with Crippen molar-refractivity contribution in [3.8, 4) is 0 Å². The summed E-state index contributed by atoms with van der Waals surface area (Å²) in [5, 5.41) is 5.67. The van der Waals surface area contributed by atoms with Gasteiger partial charge in [0.15, 0.2) is 0 Å². The maximum atomic E-state index is 12.1. The van der Waals surface area contributed by atoms with Crippen molar-refractivity contribution >= 4 is 11.9 Å². The third-order valence-corrected chi connectivity index (χ3v) is 3.35. The highest BCUT2D eigenvalue weighted by Crippen LogP contribution is 2.18. The van der Waals surface area contributed by atoms with Crippen LogP contribution in [-0.2, 0) is 9.53 Å². The number of hydrogen-bond donors (Lipinski definition) is 2. The lowest BCUT2D eigenvalue weighted by Crippen LogP contribution is -2.65. The van der Waals surface area contributed by atoms with Gasteiger partial charge in [0.25, 0.3) is 0 Å². The third kappa shape index (κ3) is 2.36. The van der Waals surface area contributed by atoms with E-state index >= 15 is 0 Å². The van der Waals surface area contributed by atoms with Crippen LogP contribution in [0.2, 0.25) is 0 Å². The normalized spacial score (nSPS) is 27.8. The summed E-state index contributed by atoms with van der Waals surface area (Å²) in [4.78, 5) is 25.4. The molecular formula is C11H19N3O3. The zero-order valence-electron chi connectivity index (χ0n) is 10.3. The largest absolute Gasteiger partial charge is 0.379 e. The van der Waals surface area contributed by atoms with Gasteiger partial charge in [0, 0.05) is 19.7 Å². The summed E-state index contributed by atoms with van der Waals surface area (Å²) in [6.45, 7) is 5.81. The van der Waals surface area contributed by atoms with Crippen molar-refractivity contribution in [1.82, 2.24) is 15.5 Å². The highest BCUT2D eigenvalue weighted by molar-refractivity contribution is 5.91. The van der Waals surface area contributed by atoms with Gasteiger partial charge in [-0.1, -0.05) is 0 Å². The molecule has 2 fully saturated rings. The lowest BCUT2D eigenvalue weighted by atomic mass is 9.99. The molecular weight excluding hydrogens is 222 g/mol. The molecule has 2 heterocycles. The lowest BCUT2D eigenvalue weighted by Gasteiger charge is -2.41. The Hall–Kier alpha value is -1.30. The van der Waals surface area contributed by atoms with Gasteiger partial charge in [0.2, 0.25) is 5.91 Å². The summed E-state index contributed by atoms with van der Waals surface area (Å²) >= 11 is 0. The fourth-order valence-electron chi connectivity index (χ4n) is 2.16. The molecule has 0 aliphatic carbocycles. The first-order chi connectivity index (χ1) is 8.01. The van der Waals surface area contributed by atoms with E-state index < -0.39 is 5.54 Å². The van der Waals surface area contributed by atoms with Crippen molar-refractivity contribution in [3.05, 3.63) is 0 Å². The number of carbonyl (C=O) groups excluding carboxylic acids is 2. The first-order valence-corrected chi connectivity index (χ1v) is 5.96. The van der Waals surface area contributed by atoms with E-state index in [1.54, 1.807) is 18.7 Å². The Balaban J connectivity index is 1.99. The van der Waals surface area contributed by atoms with Crippen LogP contribution in [-0.4, -0.2) is 54.7 Å². The molecule has 0 aromatic heterocycles. The van der Waals surface area contributed by atoms with Gasteiger partial charge in [0.1, 0.15) is 5.54 Å². The number of nitrogens with one attached hydrogen (secondary N) is 2. The molecule has 2 rings (SSSR count). The van der Waals surface area contributed by atoms with Gasteiger partial charge in [-0.3, -0.25) is 4.79 Å². The average Bonchev–Trinajstić information content (AvgIpc) is 2.74. The summed E-state index contributed by atoms with van der Waals surface area (Å²) in [6, 6.07) is -0.108. The molecule has 3 amide bonds. The topological polar surface area (TPSA) is 70.7 Å². The Bertz CT molecular complexity index is 324. The predicted octanol–water partition coefficient (Wildman–Crippen LogP) is -0.305. The molecule has 0 spiro atoms. The number of piperazine rings is 1. The second kappa shape index (κ2) is 4.52. The van der Waals surface area contributed by atoms with E-state index in [1.165, 1.54) is 0 Å². The molecule has 17 heavy (non-hydrogen) atoms. The summed E-state index contributed by atoms with van der Waals surface area (Å²) < 4.78 is 5.21. The molecule has 0 aromatic rings. The number of urea groups is 1. The van der Waals surface area contributed by atoms with E-state index in [9.17, 15) is 9.59 Å².